The number of nitrogen functional groups attached to an aromatic ring is 1. The number of aromatic nitrogens is 6. The summed E-state index contributed by atoms with van der Waals surface area (Å²) in [6.45, 7) is 5.71. The third-order valence-corrected chi connectivity index (χ3v) is 10.9. The Balaban J connectivity index is 1.36. The van der Waals surface area contributed by atoms with E-state index in [1.165, 1.54) is 25.3 Å². The van der Waals surface area contributed by atoms with E-state index in [1.54, 1.807) is 18.7 Å². The molecule has 0 aliphatic carbocycles. The molecular weight excluding hydrogens is 689 g/mol. The Bertz CT molecular complexity index is 2220. The van der Waals surface area contributed by atoms with E-state index in [0.29, 0.717) is 5.56 Å². The number of ether oxygens (including phenoxy) is 2. The molecule has 4 atom stereocenters. The second-order valence-electron chi connectivity index (χ2n) is 14.0. The van der Waals surface area contributed by atoms with E-state index in [2.05, 4.69) is 30.0 Å². The Hall–Kier alpha value is -4.90. The number of hydrogen-bond donors (Lipinski definition) is 3. The topological polar surface area (TPSA) is 151 Å². The molecule has 52 heavy (non-hydrogen) atoms. The summed E-state index contributed by atoms with van der Waals surface area (Å²) in [5, 5.41) is 16.6. The van der Waals surface area contributed by atoms with Crippen molar-refractivity contribution in [2.75, 3.05) is 37.0 Å². The van der Waals surface area contributed by atoms with Crippen LogP contribution in [0, 0.1) is 18.6 Å². The minimum Gasteiger partial charge on any atom is -0.475 e. The van der Waals surface area contributed by atoms with Crippen molar-refractivity contribution in [2.45, 2.75) is 76.3 Å². The highest BCUT2D eigenvalue weighted by atomic mass is 19.4. The molecule has 4 N–H and O–H groups in total. The quantitative estimate of drug-likeness (QED) is 0.173. The molecule has 7 heterocycles. The van der Waals surface area contributed by atoms with Gasteiger partial charge in [0.25, 0.3) is 0 Å². The number of aryl methyl sites for hydroxylation is 1. The van der Waals surface area contributed by atoms with Gasteiger partial charge in [0.05, 0.1) is 47.7 Å². The molecule has 0 spiro atoms. The van der Waals surface area contributed by atoms with Crippen molar-refractivity contribution in [3.63, 3.8) is 0 Å². The van der Waals surface area contributed by atoms with Crippen LogP contribution in [0.5, 0.6) is 11.9 Å². The molecule has 3 aliphatic rings. The Morgan fingerprint density at radius 2 is 1.98 bits per heavy atom. The number of anilines is 2. The number of nitrogens with one attached hydrogen (secondary N) is 1. The van der Waals surface area contributed by atoms with Crippen LogP contribution >= 0.6 is 0 Å². The highest BCUT2D eigenvalue weighted by Gasteiger charge is 2.50. The van der Waals surface area contributed by atoms with Crippen molar-refractivity contribution in [3.05, 3.63) is 52.9 Å². The molecule has 4 aromatic heterocycles. The first-order valence-corrected chi connectivity index (χ1v) is 17.1. The van der Waals surface area contributed by atoms with Crippen LogP contribution in [-0.2, 0) is 6.18 Å². The first kappa shape index (κ1) is 34.2. The molecule has 5 aromatic rings. The first-order chi connectivity index (χ1) is 24.8. The summed E-state index contributed by atoms with van der Waals surface area (Å²) in [5.41, 5.74) is 3.66. The van der Waals surface area contributed by atoms with Crippen LogP contribution in [0.25, 0.3) is 33.1 Å². The monoisotopic (exact) mass is 725 g/mol. The van der Waals surface area contributed by atoms with E-state index in [0.717, 1.165) is 38.4 Å². The highest BCUT2D eigenvalue weighted by molar-refractivity contribution is 6.02. The lowest BCUT2D eigenvalue weighted by atomic mass is 9.94. The zero-order chi connectivity index (χ0) is 36.7. The van der Waals surface area contributed by atoms with E-state index < -0.39 is 52.3 Å². The zero-order valence-electron chi connectivity index (χ0n) is 28.6. The lowest BCUT2D eigenvalue weighted by Gasteiger charge is -2.35. The average Bonchev–Trinajstić information content (AvgIpc) is 3.80. The molecule has 0 bridgehead atoms. The number of aliphatic hydroxyl groups is 1. The van der Waals surface area contributed by atoms with Crippen molar-refractivity contribution in [1.29, 1.82) is 0 Å². The molecule has 2 saturated heterocycles. The van der Waals surface area contributed by atoms with Crippen LogP contribution in [0.3, 0.4) is 0 Å². The van der Waals surface area contributed by atoms with E-state index in [9.17, 15) is 22.7 Å². The third-order valence-electron chi connectivity index (χ3n) is 10.9. The molecule has 0 saturated carbocycles. The molecule has 1 aromatic carbocycles. The number of nitrogens with two attached hydrogens (primary N) is 1. The van der Waals surface area contributed by atoms with Gasteiger partial charge in [-0.1, -0.05) is 0 Å². The fraction of sp³-hybridized carbons (Fsp3) is 0.457. The van der Waals surface area contributed by atoms with E-state index in [1.807, 2.05) is 0 Å². The minimum absolute atomic E-state index is 0.000694. The van der Waals surface area contributed by atoms with E-state index in [4.69, 9.17) is 20.2 Å². The second-order valence-corrected chi connectivity index (χ2v) is 14.0. The molecule has 3 aliphatic heterocycles. The standard InChI is InChI=1S/C35H36F5N9O3/c1-16-9-23-22(12-43-47-23)24(26(16)35(38,39)40)28-27(37)29-25-31(46-33(45-29)52-15-34-6-4-8-48(34)20(13-50)5-7-34)49(17(2)14-51-32(25)44-28)18(3)21-10-19(36)11-42-30(21)41/h9-12,17-18,20,50H,4-8,13-15H2,1-3H3,(H2,41,42)(H,43,47)/t17-,18+,20?,34?/m0/s1. The molecule has 2 unspecified atom stereocenters. The van der Waals surface area contributed by atoms with Crippen LogP contribution < -0.4 is 20.1 Å². The van der Waals surface area contributed by atoms with Crippen LogP contribution in [0.4, 0.5) is 33.6 Å². The number of hydrogen-bond acceptors (Lipinski definition) is 11. The Kier molecular flexibility index (Phi) is 8.13. The third kappa shape index (κ3) is 5.35. The Morgan fingerprint density at radius 3 is 2.75 bits per heavy atom. The average molecular weight is 726 g/mol. The van der Waals surface area contributed by atoms with Gasteiger partial charge in [0.1, 0.15) is 47.3 Å². The summed E-state index contributed by atoms with van der Waals surface area (Å²) in [5.74, 6) is -1.77. The summed E-state index contributed by atoms with van der Waals surface area (Å²) in [6, 6.07) is 1.09. The first-order valence-electron chi connectivity index (χ1n) is 17.1. The molecule has 0 amide bonds. The maximum absolute atomic E-state index is 17.2. The van der Waals surface area contributed by atoms with E-state index >= 15 is 4.39 Å². The van der Waals surface area contributed by atoms with Crippen molar-refractivity contribution in [3.8, 4) is 23.1 Å². The maximum atomic E-state index is 17.2. The Morgan fingerprint density at radius 1 is 1.17 bits per heavy atom. The summed E-state index contributed by atoms with van der Waals surface area (Å²) < 4.78 is 88.5. The molecule has 8 rings (SSSR count). The number of aliphatic hydroxyl groups excluding tert-OH is 1. The number of pyridine rings is 2. The Labute approximate surface area is 294 Å². The smallest absolute Gasteiger partial charge is 0.417 e. The maximum Gasteiger partial charge on any atom is 0.417 e. The molecule has 274 valence electrons. The van der Waals surface area contributed by atoms with Crippen LogP contribution in [0.15, 0.2) is 24.5 Å². The van der Waals surface area contributed by atoms with Gasteiger partial charge in [-0.2, -0.15) is 28.2 Å². The fourth-order valence-corrected chi connectivity index (χ4v) is 8.47. The highest BCUT2D eigenvalue weighted by Crippen LogP contribution is 2.48. The molecule has 12 nitrogen and oxygen atoms in total. The molecular formula is C35H36F5N9O3. The van der Waals surface area contributed by atoms with Gasteiger partial charge in [0.15, 0.2) is 5.82 Å². The zero-order valence-corrected chi connectivity index (χ0v) is 28.6. The normalized spacial score (nSPS) is 22.5. The number of rotatable bonds is 7. The van der Waals surface area contributed by atoms with Crippen LogP contribution in [0.2, 0.25) is 0 Å². The van der Waals surface area contributed by atoms with Crippen molar-refractivity contribution in [1.82, 2.24) is 35.0 Å². The number of aromatic amines is 1. The molecule has 0 radical (unpaired) electrons. The number of fused-ring (bicyclic) bond motifs is 2. The second kappa shape index (κ2) is 12.4. The van der Waals surface area contributed by atoms with Crippen molar-refractivity contribution in [2.24, 2.45) is 0 Å². The number of H-pyrrole nitrogens is 1. The van der Waals surface area contributed by atoms with E-state index in [-0.39, 0.29) is 76.8 Å². The SMILES string of the molecule is Cc1cc2[nH]ncc2c(-c2nc3c4c(nc(OCC56CCCN5C(CO)CC6)nc4c2F)N([C@H](C)c2cc(F)cnc2N)[C@@H](C)CO3)c1C(F)(F)F. The number of halogens is 5. The van der Waals surface area contributed by atoms with Gasteiger partial charge in [-0.15, -0.1) is 0 Å². The summed E-state index contributed by atoms with van der Waals surface area (Å²) in [4.78, 5) is 21.7. The predicted molar refractivity (Wildman–Crippen MR) is 181 cm³/mol. The summed E-state index contributed by atoms with van der Waals surface area (Å²) in [7, 11) is 0. The predicted octanol–water partition coefficient (Wildman–Crippen LogP) is 5.87. The largest absolute Gasteiger partial charge is 0.475 e. The van der Waals surface area contributed by atoms with Crippen molar-refractivity contribution >= 4 is 33.4 Å². The number of benzene rings is 1. The lowest BCUT2D eigenvalue weighted by Crippen LogP contribution is -2.47. The van der Waals surface area contributed by atoms with Gasteiger partial charge in [-0.25, -0.2) is 18.7 Å². The fourth-order valence-electron chi connectivity index (χ4n) is 8.47. The van der Waals surface area contributed by atoms with Gasteiger partial charge >= 0.3 is 12.2 Å². The number of nitrogens with zero attached hydrogens (tertiary/aromatic N) is 7. The van der Waals surface area contributed by atoms with Gasteiger partial charge in [-0.3, -0.25) is 10.00 Å². The lowest BCUT2D eigenvalue weighted by molar-refractivity contribution is -0.137. The molecule has 17 heteroatoms. The summed E-state index contributed by atoms with van der Waals surface area (Å²) >= 11 is 0. The van der Waals surface area contributed by atoms with Crippen LogP contribution in [-0.4, -0.2) is 84.1 Å². The van der Waals surface area contributed by atoms with Gasteiger partial charge in [0.2, 0.25) is 5.88 Å². The van der Waals surface area contributed by atoms with Crippen LogP contribution in [0.1, 0.15) is 62.3 Å². The summed E-state index contributed by atoms with van der Waals surface area (Å²) in [6.07, 6.45) is 0.567. The van der Waals surface area contributed by atoms with Gasteiger partial charge < -0.3 is 25.2 Å². The van der Waals surface area contributed by atoms with Gasteiger partial charge in [-0.05, 0) is 70.7 Å². The number of alkyl halides is 3. The van der Waals surface area contributed by atoms with Gasteiger partial charge in [0, 0.05) is 22.6 Å². The van der Waals surface area contributed by atoms with Crippen molar-refractivity contribution < 1.29 is 36.5 Å². The molecule has 2 fully saturated rings. The minimum atomic E-state index is -4.88.